The average molecular weight is 249 g/mol. The highest BCUT2D eigenvalue weighted by Gasteiger charge is 2.18. The van der Waals surface area contributed by atoms with Crippen molar-refractivity contribution in [3.63, 3.8) is 0 Å². The van der Waals surface area contributed by atoms with E-state index >= 15 is 0 Å². The molecule has 0 atom stereocenters. The van der Waals surface area contributed by atoms with Gasteiger partial charge in [0.15, 0.2) is 5.82 Å². The van der Waals surface area contributed by atoms with E-state index < -0.39 is 0 Å². The number of aromatic nitrogens is 3. The lowest BCUT2D eigenvalue weighted by Gasteiger charge is -2.31. The van der Waals surface area contributed by atoms with Crippen LogP contribution in [0.1, 0.15) is 33.6 Å². The molecule has 0 aliphatic carbocycles. The number of hydrogen-bond acceptors (Lipinski definition) is 5. The van der Waals surface area contributed by atoms with E-state index in [2.05, 4.69) is 45.8 Å². The molecule has 100 valence electrons. The molecule has 0 aromatic carbocycles. The van der Waals surface area contributed by atoms with Crippen molar-refractivity contribution >= 4 is 11.8 Å². The molecule has 1 fully saturated rings. The molecule has 1 aliphatic heterocycles. The second-order valence-electron chi connectivity index (χ2n) is 4.96. The SMILES string of the molecule is CCN(CC)c1nncc(N2CCC(C)CC2)n1. The topological polar surface area (TPSA) is 45.2 Å². The van der Waals surface area contributed by atoms with Crippen LogP contribution in [-0.2, 0) is 0 Å². The van der Waals surface area contributed by atoms with Gasteiger partial charge in [-0.05, 0) is 32.6 Å². The largest absolute Gasteiger partial charge is 0.355 e. The van der Waals surface area contributed by atoms with Crippen LogP contribution < -0.4 is 9.80 Å². The predicted molar refractivity (Wildman–Crippen MR) is 74.0 cm³/mol. The molecule has 2 rings (SSSR count). The molecule has 5 nitrogen and oxygen atoms in total. The molecule has 0 unspecified atom stereocenters. The summed E-state index contributed by atoms with van der Waals surface area (Å²) in [6, 6.07) is 0. The van der Waals surface area contributed by atoms with Crippen LogP contribution in [0.15, 0.2) is 6.20 Å². The van der Waals surface area contributed by atoms with Crippen molar-refractivity contribution < 1.29 is 0 Å². The Morgan fingerprint density at radius 2 is 1.94 bits per heavy atom. The van der Waals surface area contributed by atoms with E-state index in [-0.39, 0.29) is 0 Å². The molecule has 2 heterocycles. The van der Waals surface area contributed by atoms with Gasteiger partial charge in [-0.2, -0.15) is 10.1 Å². The molecule has 1 saturated heterocycles. The van der Waals surface area contributed by atoms with E-state index in [1.54, 1.807) is 6.20 Å². The maximum Gasteiger partial charge on any atom is 0.247 e. The Bertz CT molecular complexity index is 369. The molecule has 1 aromatic rings. The molecule has 1 aliphatic rings. The zero-order valence-electron chi connectivity index (χ0n) is 11.6. The number of rotatable bonds is 4. The molecular formula is C13H23N5. The van der Waals surface area contributed by atoms with Gasteiger partial charge in [-0.1, -0.05) is 6.92 Å². The summed E-state index contributed by atoms with van der Waals surface area (Å²) in [5, 5.41) is 8.23. The van der Waals surface area contributed by atoms with Crippen molar-refractivity contribution in [2.24, 2.45) is 5.92 Å². The Balaban J connectivity index is 2.11. The molecule has 0 bridgehead atoms. The van der Waals surface area contributed by atoms with Gasteiger partial charge in [-0.15, -0.1) is 5.10 Å². The zero-order valence-corrected chi connectivity index (χ0v) is 11.6. The molecular weight excluding hydrogens is 226 g/mol. The van der Waals surface area contributed by atoms with Crippen LogP contribution in [-0.4, -0.2) is 41.4 Å². The van der Waals surface area contributed by atoms with Gasteiger partial charge in [0.25, 0.3) is 0 Å². The summed E-state index contributed by atoms with van der Waals surface area (Å²) in [7, 11) is 0. The quantitative estimate of drug-likeness (QED) is 0.816. The van der Waals surface area contributed by atoms with Crippen LogP contribution in [0.5, 0.6) is 0 Å². The fraction of sp³-hybridized carbons (Fsp3) is 0.769. The maximum absolute atomic E-state index is 4.64. The zero-order chi connectivity index (χ0) is 13.0. The highest BCUT2D eigenvalue weighted by Crippen LogP contribution is 2.21. The first-order valence-corrected chi connectivity index (χ1v) is 6.94. The highest BCUT2D eigenvalue weighted by atomic mass is 15.3. The fourth-order valence-corrected chi connectivity index (χ4v) is 2.32. The standard InChI is InChI=1S/C13H23N5/c1-4-17(5-2)13-15-12(10-14-16-13)18-8-6-11(3)7-9-18/h10-11H,4-9H2,1-3H3. The summed E-state index contributed by atoms with van der Waals surface area (Å²) in [6.07, 6.45) is 4.26. The Hall–Kier alpha value is -1.39. The van der Waals surface area contributed by atoms with Gasteiger partial charge in [0.05, 0.1) is 6.20 Å². The summed E-state index contributed by atoms with van der Waals surface area (Å²) in [5.41, 5.74) is 0. The number of piperidine rings is 1. The molecule has 1 aromatic heterocycles. The lowest BCUT2D eigenvalue weighted by Crippen LogP contribution is -2.34. The van der Waals surface area contributed by atoms with E-state index in [4.69, 9.17) is 0 Å². The Labute approximate surface area is 109 Å². The third kappa shape index (κ3) is 2.89. The molecule has 0 N–H and O–H groups in total. The number of nitrogens with zero attached hydrogens (tertiary/aromatic N) is 5. The second-order valence-corrected chi connectivity index (χ2v) is 4.96. The van der Waals surface area contributed by atoms with E-state index in [9.17, 15) is 0 Å². The number of anilines is 2. The smallest absolute Gasteiger partial charge is 0.247 e. The normalized spacial score (nSPS) is 16.9. The van der Waals surface area contributed by atoms with Gasteiger partial charge < -0.3 is 9.80 Å². The van der Waals surface area contributed by atoms with E-state index in [0.29, 0.717) is 0 Å². The van der Waals surface area contributed by atoms with Crippen LogP contribution in [0.4, 0.5) is 11.8 Å². The van der Waals surface area contributed by atoms with E-state index in [0.717, 1.165) is 43.9 Å². The van der Waals surface area contributed by atoms with Crippen molar-refractivity contribution in [3.05, 3.63) is 6.20 Å². The van der Waals surface area contributed by atoms with Crippen LogP contribution in [0.3, 0.4) is 0 Å². The first-order valence-electron chi connectivity index (χ1n) is 6.94. The molecule has 0 amide bonds. The van der Waals surface area contributed by atoms with E-state index in [1.165, 1.54) is 12.8 Å². The van der Waals surface area contributed by atoms with Crippen molar-refractivity contribution in [3.8, 4) is 0 Å². The Morgan fingerprint density at radius 1 is 1.28 bits per heavy atom. The summed E-state index contributed by atoms with van der Waals surface area (Å²) in [4.78, 5) is 9.09. The minimum Gasteiger partial charge on any atom is -0.355 e. The van der Waals surface area contributed by atoms with Crippen molar-refractivity contribution in [1.82, 2.24) is 15.2 Å². The molecule has 0 radical (unpaired) electrons. The first-order chi connectivity index (χ1) is 8.74. The van der Waals surface area contributed by atoms with Crippen molar-refractivity contribution in [2.45, 2.75) is 33.6 Å². The number of hydrogen-bond donors (Lipinski definition) is 0. The third-order valence-electron chi connectivity index (χ3n) is 3.69. The third-order valence-corrected chi connectivity index (χ3v) is 3.69. The van der Waals surface area contributed by atoms with Crippen LogP contribution in [0, 0.1) is 5.92 Å². The summed E-state index contributed by atoms with van der Waals surface area (Å²) >= 11 is 0. The van der Waals surface area contributed by atoms with Gasteiger partial charge >= 0.3 is 0 Å². The summed E-state index contributed by atoms with van der Waals surface area (Å²) in [6.45, 7) is 10.5. The molecule has 0 spiro atoms. The Morgan fingerprint density at radius 3 is 2.56 bits per heavy atom. The second kappa shape index (κ2) is 5.98. The van der Waals surface area contributed by atoms with Crippen molar-refractivity contribution in [2.75, 3.05) is 36.0 Å². The molecule has 18 heavy (non-hydrogen) atoms. The Kier molecular flexibility index (Phi) is 4.33. The predicted octanol–water partition coefficient (Wildman–Crippen LogP) is 1.95. The van der Waals surface area contributed by atoms with Crippen LogP contribution in [0.25, 0.3) is 0 Å². The molecule has 0 saturated carbocycles. The maximum atomic E-state index is 4.64. The van der Waals surface area contributed by atoms with Gasteiger partial charge in [0.2, 0.25) is 5.95 Å². The van der Waals surface area contributed by atoms with Crippen LogP contribution >= 0.6 is 0 Å². The van der Waals surface area contributed by atoms with Gasteiger partial charge in [-0.25, -0.2) is 0 Å². The van der Waals surface area contributed by atoms with E-state index in [1.807, 2.05) is 0 Å². The lowest BCUT2D eigenvalue weighted by atomic mass is 9.99. The lowest BCUT2D eigenvalue weighted by molar-refractivity contribution is 0.436. The minimum absolute atomic E-state index is 0.746. The van der Waals surface area contributed by atoms with Gasteiger partial charge in [-0.3, -0.25) is 0 Å². The monoisotopic (exact) mass is 249 g/mol. The molecule has 5 heteroatoms. The average Bonchev–Trinajstić information content (AvgIpc) is 2.41. The van der Waals surface area contributed by atoms with Crippen LogP contribution in [0.2, 0.25) is 0 Å². The summed E-state index contributed by atoms with van der Waals surface area (Å²) in [5.74, 6) is 2.55. The van der Waals surface area contributed by atoms with Crippen molar-refractivity contribution in [1.29, 1.82) is 0 Å². The summed E-state index contributed by atoms with van der Waals surface area (Å²) < 4.78 is 0. The minimum atomic E-state index is 0.746. The fourth-order valence-electron chi connectivity index (χ4n) is 2.32. The van der Waals surface area contributed by atoms with Gasteiger partial charge in [0, 0.05) is 26.2 Å². The van der Waals surface area contributed by atoms with Gasteiger partial charge in [0.1, 0.15) is 0 Å². The highest BCUT2D eigenvalue weighted by molar-refractivity contribution is 5.41. The first kappa shape index (κ1) is 13.1.